The standard InChI is InChI=1S/C16H33N3O/c1-16(2,3)17-10-14-6-7-15(20-14)12-19-9-8-13(11-19)18(4)5/h13-15,17H,6-12H2,1-5H3. The molecule has 2 rings (SSSR count). The highest BCUT2D eigenvalue weighted by atomic mass is 16.5. The zero-order chi connectivity index (χ0) is 14.8. The van der Waals surface area contributed by atoms with Gasteiger partial charge in [-0.2, -0.15) is 0 Å². The molecular formula is C16H33N3O. The monoisotopic (exact) mass is 283 g/mol. The van der Waals surface area contributed by atoms with Crippen LogP contribution in [0.5, 0.6) is 0 Å². The number of nitrogens with one attached hydrogen (secondary N) is 1. The number of ether oxygens (including phenoxy) is 1. The molecule has 1 N–H and O–H groups in total. The van der Waals surface area contributed by atoms with Gasteiger partial charge in [-0.3, -0.25) is 4.90 Å². The Morgan fingerprint density at radius 3 is 2.45 bits per heavy atom. The molecule has 4 nitrogen and oxygen atoms in total. The SMILES string of the molecule is CN(C)C1CCN(CC2CCC(CNC(C)(C)C)O2)C1. The summed E-state index contributed by atoms with van der Waals surface area (Å²) in [7, 11) is 4.38. The number of nitrogens with zero attached hydrogens (tertiary/aromatic N) is 2. The fourth-order valence-corrected chi connectivity index (χ4v) is 3.17. The fourth-order valence-electron chi connectivity index (χ4n) is 3.17. The third-order valence-corrected chi connectivity index (χ3v) is 4.50. The van der Waals surface area contributed by atoms with E-state index in [1.54, 1.807) is 0 Å². The van der Waals surface area contributed by atoms with E-state index >= 15 is 0 Å². The first-order valence-electron chi connectivity index (χ1n) is 8.13. The van der Waals surface area contributed by atoms with E-state index < -0.39 is 0 Å². The lowest BCUT2D eigenvalue weighted by Crippen LogP contribution is -2.41. The van der Waals surface area contributed by atoms with Crippen LogP contribution < -0.4 is 5.32 Å². The maximum Gasteiger partial charge on any atom is 0.0707 e. The average Bonchev–Trinajstić information content (AvgIpc) is 2.95. The Morgan fingerprint density at radius 2 is 1.85 bits per heavy atom. The van der Waals surface area contributed by atoms with E-state index in [1.807, 2.05) is 0 Å². The van der Waals surface area contributed by atoms with Gasteiger partial charge in [0.1, 0.15) is 0 Å². The van der Waals surface area contributed by atoms with Crippen molar-refractivity contribution in [2.75, 3.05) is 40.3 Å². The van der Waals surface area contributed by atoms with Crippen LogP contribution in [-0.4, -0.2) is 73.9 Å². The fraction of sp³-hybridized carbons (Fsp3) is 1.00. The Hall–Kier alpha value is -0.160. The molecule has 2 aliphatic heterocycles. The van der Waals surface area contributed by atoms with Gasteiger partial charge in [0.05, 0.1) is 12.2 Å². The molecule has 2 aliphatic rings. The van der Waals surface area contributed by atoms with Crippen molar-refractivity contribution in [2.45, 2.75) is 63.8 Å². The molecule has 3 atom stereocenters. The van der Waals surface area contributed by atoms with Crippen molar-refractivity contribution in [1.82, 2.24) is 15.1 Å². The molecule has 0 aromatic carbocycles. The molecule has 20 heavy (non-hydrogen) atoms. The van der Waals surface area contributed by atoms with Crippen molar-refractivity contribution in [3.63, 3.8) is 0 Å². The molecule has 2 fully saturated rings. The quantitative estimate of drug-likeness (QED) is 0.829. The molecule has 0 aliphatic carbocycles. The first-order chi connectivity index (χ1) is 9.33. The van der Waals surface area contributed by atoms with Gasteiger partial charge in [-0.15, -0.1) is 0 Å². The molecule has 0 radical (unpaired) electrons. The first-order valence-corrected chi connectivity index (χ1v) is 8.13. The Balaban J connectivity index is 1.66. The highest BCUT2D eigenvalue weighted by Crippen LogP contribution is 2.23. The van der Waals surface area contributed by atoms with Crippen molar-refractivity contribution >= 4 is 0 Å². The Kier molecular flexibility index (Phi) is 5.46. The highest BCUT2D eigenvalue weighted by Gasteiger charge is 2.30. The summed E-state index contributed by atoms with van der Waals surface area (Å²) in [4.78, 5) is 4.93. The smallest absolute Gasteiger partial charge is 0.0707 e. The summed E-state index contributed by atoms with van der Waals surface area (Å²) >= 11 is 0. The minimum absolute atomic E-state index is 0.190. The average molecular weight is 283 g/mol. The van der Waals surface area contributed by atoms with Gasteiger partial charge in [-0.25, -0.2) is 0 Å². The minimum Gasteiger partial charge on any atom is -0.372 e. The summed E-state index contributed by atoms with van der Waals surface area (Å²) in [6, 6.07) is 0.731. The van der Waals surface area contributed by atoms with Crippen LogP contribution >= 0.6 is 0 Å². The summed E-state index contributed by atoms with van der Waals surface area (Å²) in [6.07, 6.45) is 4.58. The summed E-state index contributed by atoms with van der Waals surface area (Å²) in [5.74, 6) is 0. The van der Waals surface area contributed by atoms with Gasteiger partial charge in [0.15, 0.2) is 0 Å². The molecule has 118 valence electrons. The van der Waals surface area contributed by atoms with Gasteiger partial charge in [-0.05, 0) is 60.7 Å². The molecule has 0 bridgehead atoms. The van der Waals surface area contributed by atoms with Crippen LogP contribution in [0.15, 0.2) is 0 Å². The van der Waals surface area contributed by atoms with Crippen molar-refractivity contribution in [3.8, 4) is 0 Å². The summed E-state index contributed by atoms with van der Waals surface area (Å²) < 4.78 is 6.20. The van der Waals surface area contributed by atoms with Gasteiger partial charge < -0.3 is 15.0 Å². The van der Waals surface area contributed by atoms with Gasteiger partial charge in [0.2, 0.25) is 0 Å². The van der Waals surface area contributed by atoms with Crippen LogP contribution in [0, 0.1) is 0 Å². The van der Waals surface area contributed by atoms with Crippen LogP contribution in [0.1, 0.15) is 40.0 Å². The largest absolute Gasteiger partial charge is 0.372 e. The summed E-state index contributed by atoms with van der Waals surface area (Å²) in [5, 5.41) is 3.55. The predicted octanol–water partition coefficient (Wildman–Crippen LogP) is 1.56. The highest BCUT2D eigenvalue weighted by molar-refractivity contribution is 4.85. The normalized spacial score (nSPS) is 32.4. The van der Waals surface area contributed by atoms with E-state index in [2.05, 4.69) is 50.0 Å². The van der Waals surface area contributed by atoms with E-state index in [0.717, 1.165) is 19.1 Å². The van der Waals surface area contributed by atoms with E-state index in [-0.39, 0.29) is 5.54 Å². The van der Waals surface area contributed by atoms with E-state index in [1.165, 1.54) is 32.4 Å². The van der Waals surface area contributed by atoms with Crippen LogP contribution in [0.3, 0.4) is 0 Å². The number of likely N-dealkylation sites (N-methyl/N-ethyl adjacent to an activating group) is 1. The van der Waals surface area contributed by atoms with Crippen molar-refractivity contribution in [2.24, 2.45) is 0 Å². The summed E-state index contributed by atoms with van der Waals surface area (Å²) in [5.41, 5.74) is 0.190. The van der Waals surface area contributed by atoms with Crippen LogP contribution in [0.25, 0.3) is 0 Å². The second-order valence-corrected chi connectivity index (χ2v) is 7.75. The molecule has 4 heteroatoms. The molecule has 0 aromatic heterocycles. The topological polar surface area (TPSA) is 27.7 Å². The van der Waals surface area contributed by atoms with E-state index in [0.29, 0.717) is 12.2 Å². The molecule has 0 spiro atoms. The van der Waals surface area contributed by atoms with Crippen LogP contribution in [-0.2, 0) is 4.74 Å². The van der Waals surface area contributed by atoms with Gasteiger partial charge in [0, 0.05) is 31.2 Å². The Labute approximate surface area is 124 Å². The number of rotatable bonds is 5. The van der Waals surface area contributed by atoms with Gasteiger partial charge in [0.25, 0.3) is 0 Å². The van der Waals surface area contributed by atoms with Crippen molar-refractivity contribution < 1.29 is 4.74 Å². The van der Waals surface area contributed by atoms with Gasteiger partial charge in [-0.1, -0.05) is 0 Å². The maximum absolute atomic E-state index is 6.20. The molecule has 0 aromatic rings. The van der Waals surface area contributed by atoms with Crippen LogP contribution in [0.4, 0.5) is 0 Å². The van der Waals surface area contributed by atoms with Crippen molar-refractivity contribution in [1.29, 1.82) is 0 Å². The van der Waals surface area contributed by atoms with Gasteiger partial charge >= 0.3 is 0 Å². The lowest BCUT2D eigenvalue weighted by molar-refractivity contribution is 0.0240. The summed E-state index contributed by atoms with van der Waals surface area (Å²) in [6.45, 7) is 11.2. The van der Waals surface area contributed by atoms with Crippen molar-refractivity contribution in [3.05, 3.63) is 0 Å². The van der Waals surface area contributed by atoms with Crippen LogP contribution in [0.2, 0.25) is 0 Å². The number of likely N-dealkylation sites (tertiary alicyclic amines) is 1. The van der Waals surface area contributed by atoms with E-state index in [4.69, 9.17) is 4.74 Å². The molecule has 2 saturated heterocycles. The number of hydrogen-bond donors (Lipinski definition) is 1. The zero-order valence-corrected chi connectivity index (χ0v) is 14.0. The lowest BCUT2D eigenvalue weighted by Gasteiger charge is -2.25. The zero-order valence-electron chi connectivity index (χ0n) is 14.0. The Bertz CT molecular complexity index is 301. The molecule has 0 saturated carbocycles. The minimum atomic E-state index is 0.190. The second kappa shape index (κ2) is 6.73. The lowest BCUT2D eigenvalue weighted by atomic mass is 10.1. The maximum atomic E-state index is 6.20. The Morgan fingerprint density at radius 1 is 1.15 bits per heavy atom. The van der Waals surface area contributed by atoms with E-state index in [9.17, 15) is 0 Å². The molecule has 0 amide bonds. The molecule has 3 unspecified atom stereocenters. The first kappa shape index (κ1) is 16.2. The third kappa shape index (κ3) is 4.99. The predicted molar refractivity (Wildman–Crippen MR) is 84.2 cm³/mol. The molecule has 2 heterocycles. The molecular weight excluding hydrogens is 250 g/mol. The second-order valence-electron chi connectivity index (χ2n) is 7.75. The number of hydrogen-bond acceptors (Lipinski definition) is 4. The third-order valence-electron chi connectivity index (χ3n) is 4.50.